The molecule has 0 bridgehead atoms. The van der Waals surface area contributed by atoms with E-state index in [4.69, 9.17) is 10.8 Å². The average molecular weight is 192 g/mol. The summed E-state index contributed by atoms with van der Waals surface area (Å²) in [4.78, 5) is 5.74. The van der Waals surface area contributed by atoms with Crippen LogP contribution in [0.5, 0.6) is 0 Å². The van der Waals surface area contributed by atoms with Crippen LogP contribution in [0.3, 0.4) is 0 Å². The monoisotopic (exact) mass is 192 g/mol. The highest BCUT2D eigenvalue weighted by Gasteiger charge is 2.16. The quantitative estimate of drug-likeness (QED) is 0.520. The highest BCUT2D eigenvalue weighted by atomic mass is 32.1. The number of amidine groups is 1. The van der Waals surface area contributed by atoms with E-state index in [1.807, 2.05) is 11.4 Å². The van der Waals surface area contributed by atoms with E-state index in [2.05, 4.69) is 4.99 Å². The Balaban J connectivity index is 2.53. The Morgan fingerprint density at radius 3 is 3.23 bits per heavy atom. The fourth-order valence-corrected chi connectivity index (χ4v) is 2.00. The van der Waals surface area contributed by atoms with Crippen molar-refractivity contribution in [2.24, 2.45) is 4.99 Å². The lowest BCUT2D eigenvalue weighted by Gasteiger charge is -2.15. The molecule has 1 aromatic heterocycles. The third kappa shape index (κ3) is 1.27. The lowest BCUT2D eigenvalue weighted by Crippen LogP contribution is -2.26. The summed E-state index contributed by atoms with van der Waals surface area (Å²) in [5.41, 5.74) is 0.843. The van der Waals surface area contributed by atoms with Crippen molar-refractivity contribution in [3.8, 4) is 0 Å². The Hall–Kier alpha value is -1.49. The molecule has 0 atom stereocenters. The predicted octanol–water partition coefficient (Wildman–Crippen LogP) is 2.24. The van der Waals surface area contributed by atoms with Crippen molar-refractivity contribution in [2.75, 3.05) is 4.90 Å². The Morgan fingerprint density at radius 2 is 2.46 bits per heavy atom. The van der Waals surface area contributed by atoms with Crippen molar-refractivity contribution >= 4 is 40.4 Å². The third-order valence-electron chi connectivity index (χ3n) is 1.78. The fraction of sp³-hybridized carbons (Fsp3) is 0.125. The zero-order valence-electron chi connectivity index (χ0n) is 6.82. The van der Waals surface area contributed by atoms with E-state index >= 15 is 0 Å². The summed E-state index contributed by atoms with van der Waals surface area (Å²) in [5.74, 6) is 0.389. The maximum absolute atomic E-state index is 7.65. The molecule has 66 valence electrons. The van der Waals surface area contributed by atoms with E-state index in [-0.39, 0.29) is 0 Å². The molecule has 1 aliphatic rings. The summed E-state index contributed by atoms with van der Waals surface area (Å²) in [7, 11) is 0. The summed E-state index contributed by atoms with van der Waals surface area (Å²) >= 11 is 1.50. The lowest BCUT2D eigenvalue weighted by molar-refractivity contribution is 1.32. The molecule has 0 amide bonds. The van der Waals surface area contributed by atoms with Gasteiger partial charge in [0.05, 0.1) is 12.0 Å². The number of rotatable bonds is 1. The first-order chi connectivity index (χ1) is 6.33. The number of aliphatic imine (C=N–C) groups is 1. The fourth-order valence-electron chi connectivity index (χ4n) is 1.16. The molecule has 2 heterocycles. The molecule has 4 nitrogen and oxygen atoms in total. The van der Waals surface area contributed by atoms with Gasteiger partial charge in [-0.3, -0.25) is 20.7 Å². The van der Waals surface area contributed by atoms with Crippen LogP contribution in [0.15, 0.2) is 16.4 Å². The zero-order valence-corrected chi connectivity index (χ0v) is 7.64. The minimum atomic E-state index is 0.389. The molecule has 1 aliphatic heterocycles. The molecule has 13 heavy (non-hydrogen) atoms. The van der Waals surface area contributed by atoms with Crippen molar-refractivity contribution in [3.63, 3.8) is 0 Å². The summed E-state index contributed by atoms with van der Waals surface area (Å²) in [6.45, 7) is 0. The van der Waals surface area contributed by atoms with Crippen LogP contribution in [0.1, 0.15) is 6.42 Å². The van der Waals surface area contributed by atoms with Gasteiger partial charge >= 0.3 is 0 Å². The van der Waals surface area contributed by atoms with Gasteiger partial charge in [0.15, 0.2) is 0 Å². The topological polar surface area (TPSA) is 63.3 Å². The van der Waals surface area contributed by atoms with Gasteiger partial charge in [0.1, 0.15) is 10.8 Å². The number of fused-ring (bicyclic) bond motifs is 1. The number of hydrogen-bond donors (Lipinski definition) is 2. The smallest absolute Gasteiger partial charge is 0.128 e. The second-order valence-electron chi connectivity index (χ2n) is 2.57. The summed E-state index contributed by atoms with van der Waals surface area (Å²) in [5, 5.41) is 17.6. The van der Waals surface area contributed by atoms with E-state index in [1.54, 1.807) is 11.1 Å². The molecular formula is C8H8N4S. The number of nitrogens with zero attached hydrogens (tertiary/aromatic N) is 2. The summed E-state index contributed by atoms with van der Waals surface area (Å²) in [6, 6.07) is 1.89. The standard InChI is InChI=1S/C8H8N4S/c9-5-12-7(10)1-3-11-6-2-4-13-8(6)12/h2-5,9-10H,1H2. The number of thiophene rings is 1. The van der Waals surface area contributed by atoms with Crippen molar-refractivity contribution in [1.29, 1.82) is 10.8 Å². The molecule has 2 rings (SSSR count). The minimum Gasteiger partial charge on any atom is -0.291 e. The van der Waals surface area contributed by atoms with Gasteiger partial charge in [-0.25, -0.2) is 0 Å². The Bertz CT molecular complexity index is 379. The first-order valence-electron chi connectivity index (χ1n) is 3.80. The second-order valence-corrected chi connectivity index (χ2v) is 3.47. The molecule has 0 unspecified atom stereocenters. The van der Waals surface area contributed by atoms with Crippen LogP contribution in [0.25, 0.3) is 0 Å². The van der Waals surface area contributed by atoms with Gasteiger partial charge in [-0.1, -0.05) is 0 Å². The van der Waals surface area contributed by atoms with Gasteiger partial charge in [-0.15, -0.1) is 11.3 Å². The molecule has 2 N–H and O–H groups in total. The molecule has 0 spiro atoms. The van der Waals surface area contributed by atoms with Gasteiger partial charge in [0, 0.05) is 12.6 Å². The number of hydrogen-bond acceptors (Lipinski definition) is 4. The van der Waals surface area contributed by atoms with Gasteiger partial charge in [-0.2, -0.15) is 0 Å². The number of nitrogens with one attached hydrogen (secondary N) is 2. The van der Waals surface area contributed by atoms with Crippen molar-refractivity contribution in [3.05, 3.63) is 11.4 Å². The van der Waals surface area contributed by atoms with Crippen LogP contribution < -0.4 is 4.90 Å². The second kappa shape index (κ2) is 3.10. The Morgan fingerprint density at radius 1 is 1.62 bits per heavy atom. The minimum absolute atomic E-state index is 0.389. The molecule has 1 aromatic rings. The van der Waals surface area contributed by atoms with E-state index in [0.29, 0.717) is 12.3 Å². The van der Waals surface area contributed by atoms with E-state index in [1.165, 1.54) is 11.3 Å². The van der Waals surface area contributed by atoms with Gasteiger partial charge in [-0.05, 0) is 11.4 Å². The van der Waals surface area contributed by atoms with Crippen LogP contribution in [0.4, 0.5) is 10.7 Å². The molecule has 0 aromatic carbocycles. The van der Waals surface area contributed by atoms with Crippen LogP contribution in [0.2, 0.25) is 0 Å². The molecule has 0 aliphatic carbocycles. The third-order valence-corrected chi connectivity index (χ3v) is 2.68. The van der Waals surface area contributed by atoms with Gasteiger partial charge in [0.25, 0.3) is 0 Å². The van der Waals surface area contributed by atoms with Gasteiger partial charge in [0.2, 0.25) is 0 Å². The summed E-state index contributed by atoms with van der Waals surface area (Å²) in [6.07, 6.45) is 3.35. The average Bonchev–Trinajstić information content (AvgIpc) is 2.50. The van der Waals surface area contributed by atoms with Crippen molar-refractivity contribution < 1.29 is 0 Å². The first kappa shape index (κ1) is 8.12. The van der Waals surface area contributed by atoms with E-state index < -0.39 is 0 Å². The molecular weight excluding hydrogens is 184 g/mol. The lowest BCUT2D eigenvalue weighted by atomic mass is 10.4. The maximum atomic E-state index is 7.65. The highest BCUT2D eigenvalue weighted by Crippen LogP contribution is 2.35. The van der Waals surface area contributed by atoms with Gasteiger partial charge < -0.3 is 0 Å². The molecule has 0 fully saturated rings. The summed E-state index contributed by atoms with van der Waals surface area (Å²) < 4.78 is 0. The normalized spacial score (nSPS) is 15.4. The molecule has 0 radical (unpaired) electrons. The van der Waals surface area contributed by atoms with Crippen molar-refractivity contribution in [2.45, 2.75) is 6.42 Å². The van der Waals surface area contributed by atoms with Crippen LogP contribution in [-0.4, -0.2) is 18.4 Å². The predicted molar refractivity (Wildman–Crippen MR) is 56.1 cm³/mol. The first-order valence-corrected chi connectivity index (χ1v) is 4.68. The molecule has 0 saturated carbocycles. The maximum Gasteiger partial charge on any atom is 0.128 e. The van der Waals surface area contributed by atoms with Crippen molar-refractivity contribution in [1.82, 2.24) is 0 Å². The Kier molecular flexibility index (Phi) is 1.94. The Labute approximate surface area is 79.6 Å². The zero-order chi connectivity index (χ0) is 9.26. The molecule has 5 heteroatoms. The van der Waals surface area contributed by atoms with Crippen LogP contribution >= 0.6 is 11.3 Å². The van der Waals surface area contributed by atoms with E-state index in [9.17, 15) is 0 Å². The van der Waals surface area contributed by atoms with Crippen LogP contribution in [0, 0.1) is 10.8 Å². The van der Waals surface area contributed by atoms with Crippen LogP contribution in [-0.2, 0) is 0 Å². The van der Waals surface area contributed by atoms with E-state index in [0.717, 1.165) is 17.0 Å². The SMILES string of the molecule is N=CN1C(=N)CC=Nc2ccsc21. The number of anilines is 1. The highest BCUT2D eigenvalue weighted by molar-refractivity contribution is 7.15. The molecule has 0 saturated heterocycles. The largest absolute Gasteiger partial charge is 0.291 e.